The van der Waals surface area contributed by atoms with Crippen LogP contribution in [0.15, 0.2) is 12.2 Å². The Labute approximate surface area is 109 Å². The van der Waals surface area contributed by atoms with Crippen molar-refractivity contribution < 1.29 is 4.79 Å². The minimum Gasteiger partial charge on any atom is -0.300 e. The maximum Gasteiger partial charge on any atom is 0.132 e. The van der Waals surface area contributed by atoms with E-state index in [1.165, 1.54) is 32.1 Å². The molecule has 0 aliphatic carbocycles. The molecule has 17 heavy (non-hydrogen) atoms. The number of carbonyl (C=O) groups is 1. The Morgan fingerprint density at radius 2 is 1.59 bits per heavy atom. The van der Waals surface area contributed by atoms with Crippen LogP contribution in [0, 0.1) is 0 Å². The van der Waals surface area contributed by atoms with Gasteiger partial charge in [-0.15, -0.1) is 0 Å². The molecule has 0 aliphatic rings. The summed E-state index contributed by atoms with van der Waals surface area (Å²) in [6.45, 7) is 8.34. The summed E-state index contributed by atoms with van der Waals surface area (Å²) in [4.78, 5) is 10.6. The lowest BCUT2D eigenvalue weighted by molar-refractivity contribution is -0.118. The van der Waals surface area contributed by atoms with E-state index < -0.39 is 0 Å². The first-order valence-corrected chi connectivity index (χ1v) is 7.35. The minimum atomic E-state index is 0.395. The van der Waals surface area contributed by atoms with Crippen LogP contribution in [-0.4, -0.2) is 5.78 Å². The van der Waals surface area contributed by atoms with Crippen LogP contribution in [0.3, 0.4) is 0 Å². The molecule has 0 rings (SSSR count). The molecule has 0 aromatic carbocycles. The summed E-state index contributed by atoms with van der Waals surface area (Å²) in [7, 11) is 0. The second-order valence-corrected chi connectivity index (χ2v) is 4.41. The zero-order chi connectivity index (χ0) is 13.4. The molecule has 0 aliphatic heterocycles. The van der Waals surface area contributed by atoms with Crippen molar-refractivity contribution in [3.8, 4) is 0 Å². The lowest BCUT2D eigenvalue weighted by Crippen LogP contribution is -1.92. The summed E-state index contributed by atoms with van der Waals surface area (Å²) in [6, 6.07) is 0. The second kappa shape index (κ2) is 17.8. The maximum atomic E-state index is 10.6. The third-order valence-corrected chi connectivity index (χ3v) is 2.66. The van der Waals surface area contributed by atoms with E-state index in [1.54, 1.807) is 0 Å². The van der Waals surface area contributed by atoms with Gasteiger partial charge in [-0.3, -0.25) is 4.79 Å². The van der Waals surface area contributed by atoms with Crippen LogP contribution in [0.2, 0.25) is 0 Å². The number of hydrogen-bond donors (Lipinski definition) is 0. The van der Waals surface area contributed by atoms with Gasteiger partial charge < -0.3 is 0 Å². The van der Waals surface area contributed by atoms with Crippen molar-refractivity contribution in [1.29, 1.82) is 0 Å². The Hall–Kier alpha value is -0.590. The molecule has 0 saturated carbocycles. The van der Waals surface area contributed by atoms with E-state index >= 15 is 0 Å². The molecular weight excluding hydrogens is 208 g/mol. The molecule has 0 amide bonds. The quantitative estimate of drug-likeness (QED) is 0.374. The SMILES string of the molecule is CC=CCCCCCC.CCCCC(=O)CC. The van der Waals surface area contributed by atoms with Gasteiger partial charge in [-0.1, -0.05) is 58.6 Å². The molecule has 0 N–H and O–H groups in total. The van der Waals surface area contributed by atoms with Crippen molar-refractivity contribution in [2.75, 3.05) is 0 Å². The molecule has 0 atom stereocenters. The van der Waals surface area contributed by atoms with Gasteiger partial charge in [0.05, 0.1) is 0 Å². The van der Waals surface area contributed by atoms with Gasteiger partial charge in [0.25, 0.3) is 0 Å². The first kappa shape index (κ1) is 18.8. The number of unbranched alkanes of at least 4 members (excludes halogenated alkanes) is 5. The maximum absolute atomic E-state index is 10.6. The highest BCUT2D eigenvalue weighted by Crippen LogP contribution is 2.02. The van der Waals surface area contributed by atoms with Crippen LogP contribution in [0.25, 0.3) is 0 Å². The highest BCUT2D eigenvalue weighted by molar-refractivity contribution is 5.77. The molecule has 0 unspecified atom stereocenters. The summed E-state index contributed by atoms with van der Waals surface area (Å²) in [6.07, 6.45) is 14.9. The van der Waals surface area contributed by atoms with Crippen molar-refractivity contribution in [2.45, 2.75) is 85.5 Å². The summed E-state index contributed by atoms with van der Waals surface area (Å²) >= 11 is 0. The van der Waals surface area contributed by atoms with E-state index in [1.807, 2.05) is 6.92 Å². The van der Waals surface area contributed by atoms with Crippen molar-refractivity contribution in [3.63, 3.8) is 0 Å². The first-order chi connectivity index (χ1) is 8.22. The van der Waals surface area contributed by atoms with E-state index in [9.17, 15) is 4.79 Å². The van der Waals surface area contributed by atoms with Crippen LogP contribution >= 0.6 is 0 Å². The van der Waals surface area contributed by atoms with Gasteiger partial charge >= 0.3 is 0 Å². The molecule has 0 saturated heterocycles. The smallest absolute Gasteiger partial charge is 0.132 e. The van der Waals surface area contributed by atoms with Gasteiger partial charge in [-0.2, -0.15) is 0 Å². The zero-order valence-electron chi connectivity index (χ0n) is 12.4. The molecule has 0 bridgehead atoms. The lowest BCUT2D eigenvalue weighted by atomic mass is 10.1. The van der Waals surface area contributed by atoms with E-state index in [4.69, 9.17) is 0 Å². The fourth-order valence-electron chi connectivity index (χ4n) is 1.41. The number of carbonyl (C=O) groups excluding carboxylic acids is 1. The zero-order valence-corrected chi connectivity index (χ0v) is 12.4. The molecule has 0 spiro atoms. The number of allylic oxidation sites excluding steroid dienone is 2. The van der Waals surface area contributed by atoms with Crippen LogP contribution < -0.4 is 0 Å². The highest BCUT2D eigenvalue weighted by Gasteiger charge is 1.93. The van der Waals surface area contributed by atoms with Crippen LogP contribution in [-0.2, 0) is 4.79 Å². The van der Waals surface area contributed by atoms with Crippen LogP contribution in [0.4, 0.5) is 0 Å². The summed E-state index contributed by atoms with van der Waals surface area (Å²) in [5.41, 5.74) is 0. The second-order valence-electron chi connectivity index (χ2n) is 4.41. The fraction of sp³-hybridized carbons (Fsp3) is 0.812. The van der Waals surface area contributed by atoms with Gasteiger partial charge in [-0.05, 0) is 26.2 Å². The van der Waals surface area contributed by atoms with Crippen LogP contribution in [0.5, 0.6) is 0 Å². The molecule has 0 aromatic heterocycles. The summed E-state index contributed by atoms with van der Waals surface area (Å²) in [5, 5.41) is 0. The van der Waals surface area contributed by atoms with E-state index in [0.717, 1.165) is 19.3 Å². The Bertz CT molecular complexity index is 170. The average Bonchev–Trinajstić information content (AvgIpc) is 2.36. The van der Waals surface area contributed by atoms with Gasteiger partial charge in [-0.25, -0.2) is 0 Å². The van der Waals surface area contributed by atoms with E-state index in [-0.39, 0.29) is 0 Å². The van der Waals surface area contributed by atoms with E-state index in [0.29, 0.717) is 12.2 Å². The topological polar surface area (TPSA) is 17.1 Å². The molecule has 0 radical (unpaired) electrons. The molecule has 0 aromatic rings. The monoisotopic (exact) mass is 240 g/mol. The van der Waals surface area contributed by atoms with Gasteiger partial charge in [0, 0.05) is 12.8 Å². The molecule has 0 fully saturated rings. The van der Waals surface area contributed by atoms with Gasteiger partial charge in [0.1, 0.15) is 5.78 Å². The average molecular weight is 240 g/mol. The van der Waals surface area contributed by atoms with Crippen molar-refractivity contribution in [2.24, 2.45) is 0 Å². The third-order valence-electron chi connectivity index (χ3n) is 2.66. The Kier molecular flexibility index (Phi) is 19.6. The molecular formula is C16H32O. The largest absolute Gasteiger partial charge is 0.300 e. The molecule has 1 nitrogen and oxygen atoms in total. The van der Waals surface area contributed by atoms with Crippen LogP contribution in [0.1, 0.15) is 85.5 Å². The summed E-state index contributed by atoms with van der Waals surface area (Å²) < 4.78 is 0. The van der Waals surface area contributed by atoms with Crippen molar-refractivity contribution in [3.05, 3.63) is 12.2 Å². The predicted molar refractivity (Wildman–Crippen MR) is 78.4 cm³/mol. The first-order valence-electron chi connectivity index (χ1n) is 7.35. The highest BCUT2D eigenvalue weighted by atomic mass is 16.1. The number of hydrogen-bond acceptors (Lipinski definition) is 1. The lowest BCUT2D eigenvalue weighted by Gasteiger charge is -1.92. The molecule has 102 valence electrons. The standard InChI is InChI=1S/C9H18.C7H14O/c1-3-5-7-9-8-6-4-2;1-3-5-6-7(8)4-2/h3,5H,4,6-9H2,1-2H3;3-6H2,1-2H3. The minimum absolute atomic E-state index is 0.395. The molecule has 1 heteroatoms. The number of ketones is 1. The molecule has 0 heterocycles. The summed E-state index contributed by atoms with van der Waals surface area (Å²) in [5.74, 6) is 0.395. The van der Waals surface area contributed by atoms with Crippen molar-refractivity contribution >= 4 is 5.78 Å². The Morgan fingerprint density at radius 1 is 0.941 bits per heavy atom. The third kappa shape index (κ3) is 21.3. The van der Waals surface area contributed by atoms with Crippen molar-refractivity contribution in [1.82, 2.24) is 0 Å². The Morgan fingerprint density at radius 3 is 2.06 bits per heavy atom. The van der Waals surface area contributed by atoms with Gasteiger partial charge in [0.2, 0.25) is 0 Å². The number of rotatable bonds is 9. The van der Waals surface area contributed by atoms with E-state index in [2.05, 4.69) is 32.9 Å². The Balaban J connectivity index is 0. The predicted octanol–water partition coefficient (Wildman–Crippen LogP) is 5.69. The normalized spacial score (nSPS) is 10.1. The number of Topliss-reactive ketones (excluding diaryl/α,β-unsaturated/α-hetero) is 1. The van der Waals surface area contributed by atoms with Gasteiger partial charge in [0.15, 0.2) is 0 Å². The fourth-order valence-corrected chi connectivity index (χ4v) is 1.41.